The lowest BCUT2D eigenvalue weighted by Crippen LogP contribution is -2.42. The van der Waals surface area contributed by atoms with Crippen LogP contribution in [0.4, 0.5) is 0 Å². The van der Waals surface area contributed by atoms with Gasteiger partial charge in [-0.1, -0.05) is 0 Å². The molecule has 10 heteroatoms. The zero-order valence-electron chi connectivity index (χ0n) is 7.65. The molecule has 3 N–H and O–H groups in total. The highest BCUT2D eigenvalue weighted by molar-refractivity contribution is 7.48. The summed E-state index contributed by atoms with van der Waals surface area (Å²) in [5, 5.41) is 17.9. The highest BCUT2D eigenvalue weighted by Crippen LogP contribution is 2.47. The molecule has 1 heterocycles. The summed E-state index contributed by atoms with van der Waals surface area (Å²) in [6.07, 6.45) is -2.20. The number of hydrogen-bond donors (Lipinski definition) is 3. The second-order valence-corrected chi connectivity index (χ2v) is 4.39. The Hall–Kier alpha value is -1.44. The lowest BCUT2D eigenvalue weighted by Gasteiger charge is -2.18. The molecule has 1 aliphatic rings. The van der Waals surface area contributed by atoms with E-state index < -0.39 is 44.2 Å². The topological polar surface area (TPSA) is 147 Å². The molecular formula is C6H7O9P. The van der Waals surface area contributed by atoms with Crippen LogP contribution in [0.15, 0.2) is 0 Å². The van der Waals surface area contributed by atoms with Crippen molar-refractivity contribution in [2.24, 2.45) is 0 Å². The van der Waals surface area contributed by atoms with Crippen LogP contribution in [0.5, 0.6) is 0 Å². The first kappa shape index (κ1) is 12.6. The van der Waals surface area contributed by atoms with Crippen LogP contribution in [0.2, 0.25) is 0 Å². The molecule has 0 saturated carbocycles. The van der Waals surface area contributed by atoms with E-state index in [-0.39, 0.29) is 0 Å². The number of carbonyl (C=O) groups excluding carboxylic acids is 2. The second-order valence-electron chi connectivity index (χ2n) is 3.09. The summed E-state index contributed by atoms with van der Waals surface area (Å²) in [6, 6.07) is 0. The zero-order chi connectivity index (χ0) is 12.6. The monoisotopic (exact) mass is 254 g/mol. The molecule has 0 aromatic carbocycles. The fraction of sp³-hybridized carbons (Fsp3) is 0.500. The maximum absolute atomic E-state index is 11.1. The third-order valence-corrected chi connectivity index (χ3v) is 2.51. The lowest BCUT2D eigenvalue weighted by molar-refractivity contribution is -0.164. The summed E-state index contributed by atoms with van der Waals surface area (Å²) >= 11 is 0. The number of rotatable bonds is 2. The largest absolute Gasteiger partial charge is 0.589 e. The van der Waals surface area contributed by atoms with Crippen LogP contribution in [0.25, 0.3) is 0 Å². The van der Waals surface area contributed by atoms with Gasteiger partial charge < -0.3 is 19.3 Å². The van der Waals surface area contributed by atoms with Crippen LogP contribution in [0.3, 0.4) is 0 Å². The van der Waals surface area contributed by atoms with Gasteiger partial charge in [0.15, 0.2) is 5.60 Å². The van der Waals surface area contributed by atoms with Gasteiger partial charge in [-0.15, -0.1) is 0 Å². The standard InChI is InChI=1S/C6H7O9P/c7-3(8)1-6(11)2-4(9)14-16(12,13)15-5(6)10/h11H,1-2H2,(H,7,8)(H,12,13). The number of aliphatic hydroxyl groups is 1. The lowest BCUT2D eigenvalue weighted by atomic mass is 9.96. The van der Waals surface area contributed by atoms with Crippen LogP contribution >= 0.6 is 7.82 Å². The Morgan fingerprint density at radius 2 is 2.00 bits per heavy atom. The van der Waals surface area contributed by atoms with Crippen LogP contribution in [0, 0.1) is 0 Å². The van der Waals surface area contributed by atoms with Crippen LogP contribution < -0.4 is 0 Å². The Morgan fingerprint density at radius 3 is 2.50 bits per heavy atom. The SMILES string of the molecule is O=C(O)CC1(O)CC(=O)OP(=O)(O)OC1=O. The molecule has 0 spiro atoms. The number of hydrogen-bond acceptors (Lipinski definition) is 7. The van der Waals surface area contributed by atoms with E-state index in [0.29, 0.717) is 0 Å². The minimum Gasteiger partial charge on any atom is -0.481 e. The highest BCUT2D eigenvalue weighted by Gasteiger charge is 2.50. The maximum atomic E-state index is 11.1. The van der Waals surface area contributed by atoms with Crippen molar-refractivity contribution in [2.75, 3.05) is 0 Å². The van der Waals surface area contributed by atoms with Crippen molar-refractivity contribution in [3.05, 3.63) is 0 Å². The summed E-state index contributed by atoms with van der Waals surface area (Å²) < 4.78 is 18.5. The molecule has 2 unspecified atom stereocenters. The second kappa shape index (κ2) is 3.85. The summed E-state index contributed by atoms with van der Waals surface area (Å²) in [5.41, 5.74) is -2.70. The maximum Gasteiger partial charge on any atom is 0.589 e. The van der Waals surface area contributed by atoms with Crippen LogP contribution in [-0.4, -0.2) is 38.6 Å². The first-order valence-electron chi connectivity index (χ1n) is 3.88. The number of carbonyl (C=O) groups is 3. The van der Waals surface area contributed by atoms with Crippen LogP contribution in [0.1, 0.15) is 12.8 Å². The van der Waals surface area contributed by atoms with Crippen molar-refractivity contribution in [2.45, 2.75) is 18.4 Å². The Balaban J connectivity index is 3.03. The predicted molar refractivity (Wildman–Crippen MR) is 43.8 cm³/mol. The molecule has 0 aromatic rings. The number of carboxylic acid groups (broad SMARTS) is 1. The van der Waals surface area contributed by atoms with Crippen molar-refractivity contribution in [3.8, 4) is 0 Å². The molecule has 0 amide bonds. The molecule has 0 aliphatic carbocycles. The Labute approximate surface area is 88.2 Å². The molecule has 90 valence electrons. The van der Waals surface area contributed by atoms with E-state index in [0.717, 1.165) is 0 Å². The number of phosphoric ester groups is 1. The fourth-order valence-corrected chi connectivity index (χ4v) is 1.80. The molecule has 2 atom stereocenters. The van der Waals surface area contributed by atoms with E-state index in [9.17, 15) is 24.1 Å². The van der Waals surface area contributed by atoms with Crippen molar-refractivity contribution in [1.29, 1.82) is 0 Å². The van der Waals surface area contributed by atoms with Crippen molar-refractivity contribution in [3.63, 3.8) is 0 Å². The van der Waals surface area contributed by atoms with E-state index in [1.165, 1.54) is 0 Å². The average Bonchev–Trinajstić information content (AvgIpc) is 2.03. The minimum absolute atomic E-state index is 1.07. The summed E-state index contributed by atoms with van der Waals surface area (Å²) in [7, 11) is -4.92. The van der Waals surface area contributed by atoms with Crippen LogP contribution in [-0.2, 0) is 28.0 Å². The van der Waals surface area contributed by atoms with Gasteiger partial charge in [0.05, 0.1) is 12.8 Å². The fourth-order valence-electron chi connectivity index (χ4n) is 1.07. The quantitative estimate of drug-likeness (QED) is 0.515. The third kappa shape index (κ3) is 2.78. The van der Waals surface area contributed by atoms with E-state index in [1.54, 1.807) is 0 Å². The number of carboxylic acids is 1. The number of aliphatic carboxylic acids is 1. The smallest absolute Gasteiger partial charge is 0.481 e. The number of phosphoric acid groups is 1. The van der Waals surface area contributed by atoms with Gasteiger partial charge in [-0.25, -0.2) is 9.36 Å². The third-order valence-electron chi connectivity index (χ3n) is 1.68. The first-order valence-corrected chi connectivity index (χ1v) is 5.38. The highest BCUT2D eigenvalue weighted by atomic mass is 31.2. The molecule has 1 saturated heterocycles. The molecule has 16 heavy (non-hydrogen) atoms. The molecule has 1 aliphatic heterocycles. The summed E-state index contributed by atoms with van der Waals surface area (Å²) in [4.78, 5) is 41.2. The van der Waals surface area contributed by atoms with Gasteiger partial charge in [0, 0.05) is 0 Å². The van der Waals surface area contributed by atoms with Crippen molar-refractivity contribution < 1.29 is 43.1 Å². The van der Waals surface area contributed by atoms with E-state index in [4.69, 9.17) is 10.00 Å². The predicted octanol–water partition coefficient (Wildman–Crippen LogP) is -1.22. The van der Waals surface area contributed by atoms with Gasteiger partial charge in [0.2, 0.25) is 0 Å². The van der Waals surface area contributed by atoms with E-state index >= 15 is 0 Å². The molecule has 1 rings (SSSR count). The summed E-state index contributed by atoms with van der Waals surface area (Å²) in [6.45, 7) is 0. The Kier molecular flexibility index (Phi) is 3.04. The molecule has 9 nitrogen and oxygen atoms in total. The van der Waals surface area contributed by atoms with Gasteiger partial charge in [-0.3, -0.25) is 14.5 Å². The molecule has 0 radical (unpaired) electrons. The van der Waals surface area contributed by atoms with Crippen molar-refractivity contribution >= 4 is 25.7 Å². The van der Waals surface area contributed by atoms with Gasteiger partial charge in [0.25, 0.3) is 0 Å². The van der Waals surface area contributed by atoms with E-state index in [1.807, 2.05) is 0 Å². The average molecular weight is 254 g/mol. The molecule has 0 aromatic heterocycles. The molecular weight excluding hydrogens is 247 g/mol. The van der Waals surface area contributed by atoms with Gasteiger partial charge >= 0.3 is 25.7 Å². The van der Waals surface area contributed by atoms with Gasteiger partial charge in [-0.05, 0) is 0 Å². The zero-order valence-corrected chi connectivity index (χ0v) is 8.55. The van der Waals surface area contributed by atoms with Gasteiger partial charge in [-0.2, -0.15) is 0 Å². The molecule has 0 bridgehead atoms. The van der Waals surface area contributed by atoms with E-state index in [2.05, 4.69) is 9.05 Å². The minimum atomic E-state index is -4.92. The first-order chi connectivity index (χ1) is 7.15. The Morgan fingerprint density at radius 1 is 1.44 bits per heavy atom. The summed E-state index contributed by atoms with van der Waals surface area (Å²) in [5.74, 6) is -4.67. The van der Waals surface area contributed by atoms with Gasteiger partial charge in [0.1, 0.15) is 0 Å². The molecule has 1 fully saturated rings. The normalized spacial score (nSPS) is 34.9. The Bertz CT molecular complexity index is 401. The van der Waals surface area contributed by atoms with Crippen molar-refractivity contribution in [1.82, 2.24) is 0 Å².